The number of hydrogen-bond donors (Lipinski definition) is 4. The van der Waals surface area contributed by atoms with E-state index in [2.05, 4.69) is 24.8 Å². The van der Waals surface area contributed by atoms with Gasteiger partial charge in [-0.25, -0.2) is 8.78 Å². The highest BCUT2D eigenvalue weighted by molar-refractivity contribution is 6.68. The molecule has 2 heterocycles. The molecule has 25 heteroatoms. The summed E-state index contributed by atoms with van der Waals surface area (Å²) in [5.41, 5.74) is 16.6. The summed E-state index contributed by atoms with van der Waals surface area (Å²) >= 11 is 5.56. The zero-order valence-electron chi connectivity index (χ0n) is 37.8. The number of primary amides is 2. The molecule has 16 nitrogen and oxygen atoms in total. The van der Waals surface area contributed by atoms with E-state index in [9.17, 15) is 54.3 Å². The number of carbonyl (C=O) groups is 4. The quantitative estimate of drug-likeness (QED) is 0.0426. The largest absolute Gasteiger partial charge is 0.573 e. The lowest BCUT2D eigenvalue weighted by atomic mass is 10.1. The number of pyridine rings is 2. The predicted octanol–water partition coefficient (Wildman–Crippen LogP) is 10.7. The number of anilines is 2. The Morgan fingerprint density at radius 2 is 1.01 bits per heavy atom. The number of nitrogen functional groups attached to an aromatic ring is 1. The molecule has 7 N–H and O–H groups in total. The number of nitrogens with one attached hydrogen (secondary N) is 1. The molecular weight excluding hydrogens is 1010 g/mol. The molecule has 2 aliphatic carbocycles. The van der Waals surface area contributed by atoms with E-state index in [0.29, 0.717) is 17.3 Å². The average Bonchev–Trinajstić information content (AvgIpc) is 4.26. The van der Waals surface area contributed by atoms with Crippen LogP contribution in [0.1, 0.15) is 90.3 Å². The molecule has 2 saturated carbocycles. The number of nitrogens with zero attached hydrogens (tertiary/aromatic N) is 2. The lowest BCUT2D eigenvalue weighted by Crippen LogP contribution is -2.17. The molecule has 384 valence electrons. The van der Waals surface area contributed by atoms with Crippen LogP contribution in [0.5, 0.6) is 46.0 Å². The Labute approximate surface area is 413 Å². The van der Waals surface area contributed by atoms with E-state index in [1.807, 2.05) is 0 Å². The summed E-state index contributed by atoms with van der Waals surface area (Å²) < 4.78 is 131. The monoisotopic (exact) mass is 1050 g/mol. The molecule has 8 rings (SSSR count). The number of methoxy groups -OCH3 is 2. The van der Waals surface area contributed by atoms with Crippen LogP contribution in [0.2, 0.25) is 0 Å². The molecule has 3 amide bonds. The van der Waals surface area contributed by atoms with Crippen LogP contribution in [0.3, 0.4) is 0 Å². The second-order valence-electron chi connectivity index (χ2n) is 15.6. The van der Waals surface area contributed by atoms with Crippen molar-refractivity contribution in [3.63, 3.8) is 0 Å². The van der Waals surface area contributed by atoms with Gasteiger partial charge in [-0.2, -0.15) is 0 Å². The summed E-state index contributed by atoms with van der Waals surface area (Å²) in [6.45, 7) is 0. The van der Waals surface area contributed by atoms with E-state index >= 15 is 0 Å². The van der Waals surface area contributed by atoms with Crippen molar-refractivity contribution in [1.29, 1.82) is 0 Å². The molecule has 0 spiro atoms. The Bertz CT molecular complexity index is 3050. The smallest absolute Gasteiger partial charge is 0.493 e. The fourth-order valence-electron chi connectivity index (χ4n) is 6.41. The molecule has 0 aliphatic heterocycles. The lowest BCUT2D eigenvalue weighted by molar-refractivity contribution is -0.275. The minimum atomic E-state index is -4.89. The lowest BCUT2D eigenvalue weighted by Gasteiger charge is -2.16. The Morgan fingerprint density at radius 1 is 0.575 bits per heavy atom. The first-order valence-electron chi connectivity index (χ1n) is 21.1. The maximum Gasteiger partial charge on any atom is 0.573 e. The van der Waals surface area contributed by atoms with Gasteiger partial charge >= 0.3 is 12.7 Å². The molecule has 0 saturated heterocycles. The van der Waals surface area contributed by atoms with Gasteiger partial charge in [-0.1, -0.05) is 0 Å². The van der Waals surface area contributed by atoms with Crippen LogP contribution in [-0.4, -0.2) is 59.9 Å². The summed E-state index contributed by atoms with van der Waals surface area (Å²) in [7, 11) is 2.51. The molecule has 73 heavy (non-hydrogen) atoms. The summed E-state index contributed by atoms with van der Waals surface area (Å²) in [4.78, 5) is 55.0. The highest BCUT2D eigenvalue weighted by Crippen LogP contribution is 2.44. The molecule has 0 bridgehead atoms. The van der Waals surface area contributed by atoms with E-state index in [0.717, 1.165) is 73.8 Å². The van der Waals surface area contributed by atoms with Crippen LogP contribution >= 0.6 is 11.6 Å². The number of carbonyl (C=O) groups excluding carboxylic acids is 4. The Kier molecular flexibility index (Phi) is 16.8. The third-order valence-corrected chi connectivity index (χ3v) is 10.3. The van der Waals surface area contributed by atoms with Crippen molar-refractivity contribution in [1.82, 2.24) is 9.97 Å². The number of hydrogen-bond acceptors (Lipinski definition) is 13. The van der Waals surface area contributed by atoms with E-state index in [1.54, 1.807) is 12.1 Å². The summed E-state index contributed by atoms with van der Waals surface area (Å²) in [6.07, 6.45) is -3.28. The fraction of sp³-hybridized carbons (Fsp3) is 0.208. The van der Waals surface area contributed by atoms with Crippen molar-refractivity contribution in [2.24, 2.45) is 11.5 Å². The van der Waals surface area contributed by atoms with E-state index in [4.69, 9.17) is 47.7 Å². The SMILES string of the molecule is COc1cc(OC(F)(F)F)ccc1Oc1cc(C2CC2)ncc1C(=O)Cl.COc1cc(OC(F)(F)F)ccc1Oc1cc(C2CC2)ncc1C(=O)Nc1ccc(F)c(C(N)=O)c1.NC(=O)c1cc(N)ccc1F. The number of ether oxygens (including phenoxy) is 6. The number of amides is 3. The Balaban J connectivity index is 0.000000204. The Morgan fingerprint density at radius 3 is 1.42 bits per heavy atom. The molecule has 0 atom stereocenters. The van der Waals surface area contributed by atoms with Gasteiger partial charge in [0.25, 0.3) is 23.0 Å². The zero-order chi connectivity index (χ0) is 53.4. The highest BCUT2D eigenvalue weighted by Gasteiger charge is 2.33. The fourth-order valence-corrected chi connectivity index (χ4v) is 6.56. The van der Waals surface area contributed by atoms with Gasteiger partial charge in [-0.15, -0.1) is 26.3 Å². The molecule has 6 aromatic rings. The van der Waals surface area contributed by atoms with E-state index in [-0.39, 0.29) is 62.8 Å². The first kappa shape index (κ1) is 53.9. The summed E-state index contributed by atoms with van der Waals surface area (Å²) in [5.74, 6) is -4.19. The van der Waals surface area contributed by atoms with Crippen molar-refractivity contribution in [3.8, 4) is 46.0 Å². The number of benzene rings is 4. The second kappa shape index (κ2) is 22.8. The average molecular weight is 1050 g/mol. The van der Waals surface area contributed by atoms with Crippen molar-refractivity contribution in [2.75, 3.05) is 25.3 Å². The maximum atomic E-state index is 13.8. The molecule has 4 aromatic carbocycles. The third kappa shape index (κ3) is 15.3. The second-order valence-corrected chi connectivity index (χ2v) is 15.9. The predicted molar refractivity (Wildman–Crippen MR) is 244 cm³/mol. The van der Waals surface area contributed by atoms with Crippen molar-refractivity contribution >= 4 is 45.9 Å². The van der Waals surface area contributed by atoms with Crippen LogP contribution in [0.15, 0.2) is 97.3 Å². The number of halogens is 9. The van der Waals surface area contributed by atoms with Gasteiger partial charge in [0, 0.05) is 71.3 Å². The third-order valence-electron chi connectivity index (χ3n) is 10.1. The van der Waals surface area contributed by atoms with Gasteiger partial charge in [0.1, 0.15) is 40.2 Å². The molecule has 2 aromatic heterocycles. The van der Waals surface area contributed by atoms with Gasteiger partial charge < -0.3 is 50.9 Å². The van der Waals surface area contributed by atoms with Crippen LogP contribution in [0.25, 0.3) is 0 Å². The normalized spacial score (nSPS) is 12.9. The highest BCUT2D eigenvalue weighted by atomic mass is 35.5. The van der Waals surface area contributed by atoms with Crippen LogP contribution in [0, 0.1) is 11.6 Å². The first-order chi connectivity index (χ1) is 34.4. The van der Waals surface area contributed by atoms with Crippen LogP contribution in [-0.2, 0) is 0 Å². The van der Waals surface area contributed by atoms with Gasteiger partial charge in [-0.05, 0) is 97.9 Å². The van der Waals surface area contributed by atoms with E-state index in [1.165, 1.54) is 56.9 Å². The minimum Gasteiger partial charge on any atom is -0.493 e. The molecule has 2 aliphatic rings. The maximum absolute atomic E-state index is 13.8. The van der Waals surface area contributed by atoms with Crippen molar-refractivity contribution in [3.05, 3.63) is 143 Å². The summed E-state index contributed by atoms with van der Waals surface area (Å²) in [6, 6.07) is 16.8. The van der Waals surface area contributed by atoms with E-state index < -0.39 is 64.4 Å². The van der Waals surface area contributed by atoms with Gasteiger partial charge in [0.15, 0.2) is 23.0 Å². The molecule has 2 fully saturated rings. The first-order valence-corrected chi connectivity index (χ1v) is 21.5. The molecule has 0 radical (unpaired) electrons. The number of aromatic nitrogens is 2. The standard InChI is InChI=1S/C24H19F4N3O5.C17H13ClF3NO4.C7H7FN2O/c1-34-21-9-14(36-24(26,27)28)5-7-19(21)35-20-10-18(12-2-3-12)30-11-16(20)23(33)31-13-4-6-17(25)15(8-13)22(29)32;1-24-15-6-10(26-17(19,20)21)4-5-13(15)25-14-7-12(9-2-3-9)22-8-11(14)16(18)23;8-6-2-1-4(9)3-5(6)7(10)11/h4-12H,2-3H2,1H3,(H2,29,32)(H,31,33);4-9H,2-3H2,1H3;1-3H,9H2,(H2,10,11). The number of rotatable bonds is 15. The van der Waals surface area contributed by atoms with Gasteiger partial charge in [-0.3, -0.25) is 29.1 Å². The zero-order valence-corrected chi connectivity index (χ0v) is 38.6. The van der Waals surface area contributed by atoms with Crippen molar-refractivity contribution in [2.45, 2.75) is 50.2 Å². The summed E-state index contributed by atoms with van der Waals surface area (Å²) in [5, 5.41) is 1.77. The number of nitrogens with two attached hydrogens (primary N) is 3. The Hall–Kier alpha value is -8.41. The van der Waals surface area contributed by atoms with Crippen molar-refractivity contribution < 1.29 is 82.7 Å². The van der Waals surface area contributed by atoms with Crippen LogP contribution in [0.4, 0.5) is 46.5 Å². The molecule has 0 unspecified atom stereocenters. The minimum absolute atomic E-state index is 0.00417. The van der Waals surface area contributed by atoms with Gasteiger partial charge in [0.05, 0.1) is 30.9 Å². The van der Waals surface area contributed by atoms with Crippen LogP contribution < -0.4 is 50.9 Å². The number of alkyl halides is 6. The van der Waals surface area contributed by atoms with Gasteiger partial charge in [0.2, 0.25) is 0 Å². The topological polar surface area (TPSA) is 240 Å². The molecular formula is C48H39ClF8N6O10.